The van der Waals surface area contributed by atoms with Crippen LogP contribution in [0.5, 0.6) is 5.75 Å². The molecular weight excluding hydrogens is 444 g/mol. The van der Waals surface area contributed by atoms with E-state index in [1.807, 2.05) is 38.1 Å². The molecule has 1 saturated heterocycles. The summed E-state index contributed by atoms with van der Waals surface area (Å²) in [7, 11) is -3.85. The summed E-state index contributed by atoms with van der Waals surface area (Å²) in [6.07, 6.45) is 2.79. The molecule has 2 N–H and O–H groups in total. The molecule has 0 saturated carbocycles. The molecule has 176 valence electrons. The van der Waals surface area contributed by atoms with Gasteiger partial charge in [-0.2, -0.15) is 9.40 Å². The number of hydrogen-bond donors (Lipinski definition) is 2. The highest BCUT2D eigenvalue weighted by molar-refractivity contribution is 7.89. The fourth-order valence-corrected chi connectivity index (χ4v) is 5.37. The lowest BCUT2D eigenvalue weighted by Crippen LogP contribution is -2.45. The third kappa shape index (κ3) is 5.12. The van der Waals surface area contributed by atoms with Crippen LogP contribution in [-0.4, -0.2) is 48.5 Å². The second-order valence-electron chi connectivity index (χ2n) is 8.02. The van der Waals surface area contributed by atoms with Gasteiger partial charge in [-0.15, -0.1) is 0 Å². The molecule has 1 aliphatic rings. The normalized spacial score (nSPS) is 18.1. The van der Waals surface area contributed by atoms with Crippen LogP contribution in [-0.2, 0) is 14.8 Å². The summed E-state index contributed by atoms with van der Waals surface area (Å²) in [5, 5.41) is 9.47. The number of rotatable bonds is 8. The Labute approximate surface area is 193 Å². The van der Waals surface area contributed by atoms with Gasteiger partial charge in [0.15, 0.2) is 5.76 Å². The number of H-pyrrole nitrogens is 1. The van der Waals surface area contributed by atoms with E-state index in [0.29, 0.717) is 37.4 Å². The molecule has 3 aromatic rings. The van der Waals surface area contributed by atoms with Crippen molar-refractivity contribution in [2.24, 2.45) is 5.92 Å². The molecule has 1 fully saturated rings. The fraction of sp³-hybridized carbons (Fsp3) is 0.391. The Morgan fingerprint density at radius 1 is 1.27 bits per heavy atom. The van der Waals surface area contributed by atoms with Gasteiger partial charge in [0.1, 0.15) is 11.4 Å². The zero-order valence-electron chi connectivity index (χ0n) is 18.7. The predicted octanol–water partition coefficient (Wildman–Crippen LogP) is 3.35. The highest BCUT2D eigenvalue weighted by atomic mass is 32.2. The standard InChI is InChI=1S/C23H28N4O5S/c1-3-31-19-8-6-17(7-9-19)16(2)25-23(28)18-5-4-14-27(15-18)33(29,30)22-11-10-21(32-22)20-12-13-24-26-20/h6-13,16,18H,3-5,14-15H2,1-2H3,(H,24,26)(H,25,28)/t16-,18+/m1/s1. The molecule has 0 spiro atoms. The van der Waals surface area contributed by atoms with Crippen LogP contribution in [0.3, 0.4) is 0 Å². The molecule has 1 aromatic carbocycles. The highest BCUT2D eigenvalue weighted by Gasteiger charge is 2.35. The number of aromatic amines is 1. The molecule has 0 unspecified atom stereocenters. The largest absolute Gasteiger partial charge is 0.494 e. The Balaban J connectivity index is 1.40. The second kappa shape index (κ2) is 9.80. The van der Waals surface area contributed by atoms with Gasteiger partial charge in [-0.05, 0) is 62.6 Å². The molecule has 0 radical (unpaired) electrons. The van der Waals surface area contributed by atoms with Gasteiger partial charge in [-0.3, -0.25) is 9.89 Å². The Hall–Kier alpha value is -3.11. The molecule has 0 bridgehead atoms. The van der Waals surface area contributed by atoms with Gasteiger partial charge in [0.2, 0.25) is 11.0 Å². The van der Waals surface area contributed by atoms with E-state index in [1.165, 1.54) is 10.4 Å². The van der Waals surface area contributed by atoms with Crippen molar-refractivity contribution in [3.05, 3.63) is 54.2 Å². The molecule has 0 aliphatic carbocycles. The van der Waals surface area contributed by atoms with Crippen LogP contribution in [0.4, 0.5) is 0 Å². The van der Waals surface area contributed by atoms with E-state index in [4.69, 9.17) is 9.15 Å². The van der Waals surface area contributed by atoms with E-state index in [0.717, 1.165) is 11.3 Å². The minimum atomic E-state index is -3.85. The molecule has 2 atom stereocenters. The zero-order valence-corrected chi connectivity index (χ0v) is 19.5. The van der Waals surface area contributed by atoms with Crippen molar-refractivity contribution in [1.29, 1.82) is 0 Å². The smallest absolute Gasteiger partial charge is 0.276 e. The molecule has 1 aliphatic heterocycles. The second-order valence-corrected chi connectivity index (χ2v) is 9.89. The number of sulfonamides is 1. The number of hydrogen-bond acceptors (Lipinski definition) is 6. The lowest BCUT2D eigenvalue weighted by Gasteiger charge is -2.31. The van der Waals surface area contributed by atoms with Gasteiger partial charge in [0.05, 0.1) is 18.6 Å². The van der Waals surface area contributed by atoms with E-state index in [1.54, 1.807) is 18.3 Å². The first-order chi connectivity index (χ1) is 15.9. The van der Waals surface area contributed by atoms with Crippen molar-refractivity contribution >= 4 is 15.9 Å². The fourth-order valence-electron chi connectivity index (χ4n) is 3.93. The predicted molar refractivity (Wildman–Crippen MR) is 122 cm³/mol. The summed E-state index contributed by atoms with van der Waals surface area (Å²) in [4.78, 5) is 12.9. The first-order valence-corrected chi connectivity index (χ1v) is 12.5. The number of nitrogens with one attached hydrogen (secondary N) is 2. The number of benzene rings is 1. The monoisotopic (exact) mass is 472 g/mol. The molecule has 33 heavy (non-hydrogen) atoms. The Bertz CT molecular complexity index is 1170. The van der Waals surface area contributed by atoms with E-state index < -0.39 is 15.9 Å². The summed E-state index contributed by atoms with van der Waals surface area (Å²) >= 11 is 0. The molecule has 4 rings (SSSR count). The van der Waals surface area contributed by atoms with E-state index in [9.17, 15) is 13.2 Å². The SMILES string of the molecule is CCOc1ccc([C@@H](C)NC(=O)[C@H]2CCCN(S(=O)(=O)c3ccc(-c4ccn[nH]4)o3)C2)cc1. The lowest BCUT2D eigenvalue weighted by molar-refractivity contribution is -0.126. The van der Waals surface area contributed by atoms with E-state index in [2.05, 4.69) is 15.5 Å². The van der Waals surface area contributed by atoms with Gasteiger partial charge >= 0.3 is 0 Å². The third-order valence-corrected chi connectivity index (χ3v) is 7.49. The maximum absolute atomic E-state index is 13.1. The van der Waals surface area contributed by atoms with Crippen LogP contribution < -0.4 is 10.1 Å². The van der Waals surface area contributed by atoms with Crippen LogP contribution in [0.15, 0.2) is 58.2 Å². The number of carbonyl (C=O) groups excluding carboxylic acids is 1. The van der Waals surface area contributed by atoms with Gasteiger partial charge in [0.25, 0.3) is 10.0 Å². The van der Waals surface area contributed by atoms with Crippen molar-refractivity contribution in [2.45, 2.75) is 37.8 Å². The number of furan rings is 1. The quantitative estimate of drug-likeness (QED) is 0.519. The topological polar surface area (TPSA) is 118 Å². The van der Waals surface area contributed by atoms with Crippen LogP contribution >= 0.6 is 0 Å². The summed E-state index contributed by atoms with van der Waals surface area (Å²) in [6.45, 7) is 4.89. The average molecular weight is 473 g/mol. The highest BCUT2D eigenvalue weighted by Crippen LogP contribution is 2.28. The van der Waals surface area contributed by atoms with Crippen LogP contribution in [0.25, 0.3) is 11.5 Å². The lowest BCUT2D eigenvalue weighted by atomic mass is 9.98. The molecule has 1 amide bonds. The van der Waals surface area contributed by atoms with Crippen LogP contribution in [0.1, 0.15) is 38.3 Å². The summed E-state index contributed by atoms with van der Waals surface area (Å²) in [5.41, 5.74) is 1.55. The molecule has 9 nitrogen and oxygen atoms in total. The minimum absolute atomic E-state index is 0.115. The summed E-state index contributed by atoms with van der Waals surface area (Å²) in [6, 6.07) is 12.1. The molecular formula is C23H28N4O5S. The maximum Gasteiger partial charge on any atom is 0.276 e. The van der Waals surface area contributed by atoms with Crippen molar-refractivity contribution in [1.82, 2.24) is 19.8 Å². The first kappa shape index (κ1) is 23.1. The number of nitrogens with zero attached hydrogens (tertiary/aromatic N) is 2. The van der Waals surface area contributed by atoms with Gasteiger partial charge in [0, 0.05) is 19.3 Å². The van der Waals surface area contributed by atoms with Crippen molar-refractivity contribution in [2.75, 3.05) is 19.7 Å². The van der Waals surface area contributed by atoms with Gasteiger partial charge in [-0.1, -0.05) is 12.1 Å². The number of carbonyl (C=O) groups is 1. The van der Waals surface area contributed by atoms with Crippen molar-refractivity contribution in [3.8, 4) is 17.2 Å². The number of amides is 1. The van der Waals surface area contributed by atoms with Crippen LogP contribution in [0, 0.1) is 5.92 Å². The summed E-state index contributed by atoms with van der Waals surface area (Å²) < 4.78 is 38.6. The number of piperidine rings is 1. The van der Waals surface area contributed by atoms with Crippen molar-refractivity contribution < 1.29 is 22.4 Å². The zero-order chi connectivity index (χ0) is 23.4. The third-order valence-electron chi connectivity index (χ3n) is 5.75. The Kier molecular flexibility index (Phi) is 6.85. The number of aromatic nitrogens is 2. The summed E-state index contributed by atoms with van der Waals surface area (Å²) in [5.74, 6) is 0.581. The molecule has 3 heterocycles. The average Bonchev–Trinajstić information content (AvgIpc) is 3.52. The molecule has 2 aromatic heterocycles. The van der Waals surface area contributed by atoms with Crippen LogP contribution in [0.2, 0.25) is 0 Å². The Morgan fingerprint density at radius 2 is 2.06 bits per heavy atom. The van der Waals surface area contributed by atoms with E-state index in [-0.39, 0.29) is 23.6 Å². The Morgan fingerprint density at radius 3 is 2.76 bits per heavy atom. The first-order valence-electron chi connectivity index (χ1n) is 11.0. The van der Waals surface area contributed by atoms with Gasteiger partial charge in [-0.25, -0.2) is 8.42 Å². The van der Waals surface area contributed by atoms with Crippen molar-refractivity contribution in [3.63, 3.8) is 0 Å². The number of ether oxygens (including phenoxy) is 1. The maximum atomic E-state index is 13.1. The van der Waals surface area contributed by atoms with E-state index >= 15 is 0 Å². The minimum Gasteiger partial charge on any atom is -0.494 e. The van der Waals surface area contributed by atoms with Gasteiger partial charge < -0.3 is 14.5 Å². The molecule has 10 heteroatoms.